The molecule has 0 fully saturated rings. The summed E-state index contributed by atoms with van der Waals surface area (Å²) in [6.45, 7) is 1.68. The van der Waals surface area contributed by atoms with Crippen LogP contribution in [0, 0.1) is 0 Å². The number of ether oxygens (including phenoxy) is 7. The first-order valence-corrected chi connectivity index (χ1v) is 10.1. The average Bonchev–Trinajstić information content (AvgIpc) is 3.53. The van der Waals surface area contributed by atoms with E-state index in [9.17, 15) is 0 Å². The van der Waals surface area contributed by atoms with Crippen molar-refractivity contribution in [3.63, 3.8) is 0 Å². The maximum atomic E-state index is 6.04. The molecule has 3 aromatic carbocycles. The van der Waals surface area contributed by atoms with E-state index < -0.39 is 0 Å². The van der Waals surface area contributed by atoms with Crippen molar-refractivity contribution in [1.82, 2.24) is 0 Å². The normalized spacial score (nSPS) is 14.8. The topological polar surface area (TPSA) is 64.6 Å². The molecule has 0 saturated carbocycles. The Balaban J connectivity index is 1.20. The zero-order valence-electron chi connectivity index (χ0n) is 16.7. The molecule has 31 heavy (non-hydrogen) atoms. The van der Waals surface area contributed by atoms with Crippen LogP contribution in [0.2, 0.25) is 0 Å². The Morgan fingerprint density at radius 3 is 1.71 bits per heavy atom. The zero-order chi connectivity index (χ0) is 20.6. The molecule has 158 valence electrons. The predicted octanol–water partition coefficient (Wildman–Crippen LogP) is 4.18. The van der Waals surface area contributed by atoms with Gasteiger partial charge in [0.05, 0.1) is 13.2 Å². The minimum atomic E-state index is 0.236. The Morgan fingerprint density at radius 1 is 0.516 bits per heavy atom. The van der Waals surface area contributed by atoms with Crippen molar-refractivity contribution in [2.45, 2.75) is 19.6 Å². The number of fused-ring (bicyclic) bond motifs is 3. The van der Waals surface area contributed by atoms with Gasteiger partial charge in [0.25, 0.3) is 0 Å². The van der Waals surface area contributed by atoms with Gasteiger partial charge < -0.3 is 33.2 Å². The second kappa shape index (κ2) is 7.59. The molecule has 0 amide bonds. The summed E-state index contributed by atoms with van der Waals surface area (Å²) in [5, 5.41) is 0. The maximum absolute atomic E-state index is 6.04. The van der Waals surface area contributed by atoms with Crippen LogP contribution < -0.4 is 28.4 Å². The summed E-state index contributed by atoms with van der Waals surface area (Å²) in [7, 11) is 0. The Bertz CT molecular complexity index is 1140. The number of hydrogen-bond donors (Lipinski definition) is 0. The summed E-state index contributed by atoms with van der Waals surface area (Å²) in [5.74, 6) is 4.59. The van der Waals surface area contributed by atoms with Gasteiger partial charge in [0.15, 0.2) is 34.5 Å². The van der Waals surface area contributed by atoms with Gasteiger partial charge in [0, 0.05) is 0 Å². The zero-order valence-corrected chi connectivity index (χ0v) is 16.7. The Labute approximate surface area is 179 Å². The molecule has 3 aliphatic heterocycles. The van der Waals surface area contributed by atoms with Crippen molar-refractivity contribution >= 4 is 0 Å². The fraction of sp³-hybridized carbons (Fsp3) is 0.250. The molecule has 0 bridgehead atoms. The highest BCUT2D eigenvalue weighted by Gasteiger charge is 2.19. The molecule has 0 spiro atoms. The van der Waals surface area contributed by atoms with Gasteiger partial charge in [-0.15, -0.1) is 0 Å². The molecular weight excluding hydrogens is 400 g/mol. The first-order chi connectivity index (χ1) is 15.3. The Hall–Kier alpha value is -3.58. The lowest BCUT2D eigenvalue weighted by molar-refractivity contribution is 0.106. The molecule has 7 heteroatoms. The highest BCUT2D eigenvalue weighted by atomic mass is 16.7. The third kappa shape index (κ3) is 3.57. The van der Waals surface area contributed by atoms with Gasteiger partial charge in [0.2, 0.25) is 20.4 Å². The van der Waals surface area contributed by atoms with Crippen LogP contribution in [-0.2, 0) is 24.4 Å². The molecule has 6 rings (SSSR count). The SMILES string of the molecule is c1cc2c(cc1COCc1cc3c(cc1Cc1ccc4c(c1)OCO4)OCO3)OCO2. The van der Waals surface area contributed by atoms with Gasteiger partial charge in [-0.25, -0.2) is 0 Å². The van der Waals surface area contributed by atoms with Gasteiger partial charge in [0.1, 0.15) is 0 Å². The summed E-state index contributed by atoms with van der Waals surface area (Å²) in [5.41, 5.74) is 4.33. The smallest absolute Gasteiger partial charge is 0.231 e. The van der Waals surface area contributed by atoms with Crippen molar-refractivity contribution in [2.24, 2.45) is 0 Å². The molecule has 3 aromatic rings. The molecule has 0 atom stereocenters. The van der Waals surface area contributed by atoms with E-state index in [1.54, 1.807) is 0 Å². The molecule has 0 unspecified atom stereocenters. The molecule has 7 nitrogen and oxygen atoms in total. The maximum Gasteiger partial charge on any atom is 0.231 e. The number of hydrogen-bond acceptors (Lipinski definition) is 7. The van der Waals surface area contributed by atoms with Gasteiger partial charge in [-0.2, -0.15) is 0 Å². The minimum Gasteiger partial charge on any atom is -0.454 e. The van der Waals surface area contributed by atoms with Crippen molar-refractivity contribution in [2.75, 3.05) is 20.4 Å². The van der Waals surface area contributed by atoms with Crippen molar-refractivity contribution in [3.05, 3.63) is 70.8 Å². The van der Waals surface area contributed by atoms with Crippen LogP contribution >= 0.6 is 0 Å². The van der Waals surface area contributed by atoms with Crippen molar-refractivity contribution in [1.29, 1.82) is 0 Å². The summed E-state index contributed by atoms with van der Waals surface area (Å²) in [6.07, 6.45) is 0.718. The second-order valence-corrected chi connectivity index (χ2v) is 7.52. The van der Waals surface area contributed by atoms with Crippen LogP contribution in [0.1, 0.15) is 22.3 Å². The lowest BCUT2D eigenvalue weighted by atomic mass is 9.99. The third-order valence-corrected chi connectivity index (χ3v) is 5.49. The van der Waals surface area contributed by atoms with Crippen LogP contribution in [0.5, 0.6) is 34.5 Å². The minimum absolute atomic E-state index is 0.236. The van der Waals surface area contributed by atoms with Crippen molar-refractivity contribution < 1.29 is 33.2 Å². The van der Waals surface area contributed by atoms with E-state index in [1.807, 2.05) is 42.5 Å². The largest absolute Gasteiger partial charge is 0.454 e. The molecule has 0 radical (unpaired) electrons. The summed E-state index contributed by atoms with van der Waals surface area (Å²) in [6, 6.07) is 15.9. The lowest BCUT2D eigenvalue weighted by Crippen LogP contribution is -2.00. The Morgan fingerprint density at radius 2 is 1.03 bits per heavy atom. The van der Waals surface area contributed by atoms with E-state index in [0.29, 0.717) is 13.2 Å². The van der Waals surface area contributed by atoms with Crippen LogP contribution in [0.4, 0.5) is 0 Å². The van der Waals surface area contributed by atoms with Crippen LogP contribution in [0.3, 0.4) is 0 Å². The number of rotatable bonds is 6. The van der Waals surface area contributed by atoms with E-state index in [2.05, 4.69) is 6.07 Å². The monoisotopic (exact) mass is 420 g/mol. The van der Waals surface area contributed by atoms with Gasteiger partial charge in [-0.1, -0.05) is 12.1 Å². The van der Waals surface area contributed by atoms with Crippen molar-refractivity contribution in [3.8, 4) is 34.5 Å². The first kappa shape index (κ1) is 18.2. The molecule has 0 aliphatic carbocycles. The van der Waals surface area contributed by atoms with E-state index in [1.165, 1.54) is 0 Å². The summed E-state index contributed by atoms with van der Waals surface area (Å²) >= 11 is 0. The summed E-state index contributed by atoms with van der Waals surface area (Å²) in [4.78, 5) is 0. The highest BCUT2D eigenvalue weighted by Crippen LogP contribution is 2.38. The van der Waals surface area contributed by atoms with Gasteiger partial charge in [-0.3, -0.25) is 0 Å². The average molecular weight is 420 g/mol. The van der Waals surface area contributed by atoms with Crippen LogP contribution in [0.15, 0.2) is 48.5 Å². The molecule has 0 saturated heterocycles. The lowest BCUT2D eigenvalue weighted by Gasteiger charge is -2.13. The van der Waals surface area contributed by atoms with Crippen LogP contribution in [-0.4, -0.2) is 20.4 Å². The standard InChI is InChI=1S/C24H20O7/c1-3-19-21(28-12-26-19)6-15(1)5-17-8-23-24(31-14-30-23)9-18(17)11-25-10-16-2-4-20-22(7-16)29-13-27-20/h1-4,6-9H,5,10-14H2. The van der Waals surface area contributed by atoms with Gasteiger partial charge in [-0.05, 0) is 65.1 Å². The third-order valence-electron chi connectivity index (χ3n) is 5.49. The summed E-state index contributed by atoms with van der Waals surface area (Å²) < 4.78 is 38.9. The molecule has 0 N–H and O–H groups in total. The number of benzene rings is 3. The quantitative estimate of drug-likeness (QED) is 0.593. The first-order valence-electron chi connectivity index (χ1n) is 10.1. The van der Waals surface area contributed by atoms with E-state index >= 15 is 0 Å². The molecule has 3 aliphatic rings. The van der Waals surface area contributed by atoms with Crippen LogP contribution in [0.25, 0.3) is 0 Å². The van der Waals surface area contributed by atoms with Gasteiger partial charge >= 0.3 is 0 Å². The molecular formula is C24H20O7. The molecule has 3 heterocycles. The van der Waals surface area contributed by atoms with E-state index in [0.717, 1.165) is 63.2 Å². The van der Waals surface area contributed by atoms with E-state index in [-0.39, 0.29) is 20.4 Å². The van der Waals surface area contributed by atoms with E-state index in [4.69, 9.17) is 33.2 Å². The molecule has 0 aromatic heterocycles. The predicted molar refractivity (Wildman–Crippen MR) is 109 cm³/mol. The fourth-order valence-electron chi connectivity index (χ4n) is 3.91. The highest BCUT2D eigenvalue weighted by molar-refractivity contribution is 5.51. The fourth-order valence-corrected chi connectivity index (χ4v) is 3.91. The second-order valence-electron chi connectivity index (χ2n) is 7.52. The Kier molecular flexibility index (Phi) is 4.46.